The van der Waals surface area contributed by atoms with Gasteiger partial charge in [-0.25, -0.2) is 4.39 Å². The Labute approximate surface area is 206 Å². The summed E-state index contributed by atoms with van der Waals surface area (Å²) in [6.45, 7) is 2.66. The number of methoxy groups -OCH3 is 1. The van der Waals surface area contributed by atoms with Crippen molar-refractivity contribution in [3.63, 3.8) is 0 Å². The molecule has 1 atom stereocenters. The van der Waals surface area contributed by atoms with Gasteiger partial charge in [-0.3, -0.25) is 9.69 Å². The van der Waals surface area contributed by atoms with E-state index in [-0.39, 0.29) is 23.5 Å². The van der Waals surface area contributed by atoms with E-state index in [0.717, 1.165) is 57.3 Å². The normalized spacial score (nSPS) is 17.8. The van der Waals surface area contributed by atoms with Crippen LogP contribution in [0, 0.1) is 11.7 Å². The summed E-state index contributed by atoms with van der Waals surface area (Å²) in [6.07, 6.45) is 6.58. The summed E-state index contributed by atoms with van der Waals surface area (Å²) < 4.78 is 24.5. The monoisotopic (exact) mass is 476 g/mol. The summed E-state index contributed by atoms with van der Waals surface area (Å²) in [4.78, 5) is 18.1. The van der Waals surface area contributed by atoms with Crippen LogP contribution >= 0.6 is 0 Å². The summed E-state index contributed by atoms with van der Waals surface area (Å²) in [6, 6.07) is 19.6. The van der Waals surface area contributed by atoms with Gasteiger partial charge in [0.25, 0.3) is 5.91 Å². The minimum atomic E-state index is -0.333. The molecule has 35 heavy (non-hydrogen) atoms. The van der Waals surface area contributed by atoms with Gasteiger partial charge < -0.3 is 14.1 Å². The first kappa shape index (κ1) is 23.6. The van der Waals surface area contributed by atoms with Crippen LogP contribution in [0.2, 0.25) is 0 Å². The number of halogens is 1. The van der Waals surface area contributed by atoms with Gasteiger partial charge in [0.15, 0.2) is 17.3 Å². The molecule has 0 bridgehead atoms. The van der Waals surface area contributed by atoms with Crippen LogP contribution in [0.5, 0.6) is 5.75 Å². The zero-order valence-electron chi connectivity index (χ0n) is 20.2. The molecule has 1 amide bonds. The smallest absolute Gasteiger partial charge is 0.290 e. The molecule has 0 radical (unpaired) electrons. The molecule has 5 nitrogen and oxygen atoms in total. The first-order chi connectivity index (χ1) is 17.1. The average molecular weight is 477 g/mol. The first-order valence-corrected chi connectivity index (χ1v) is 12.6. The van der Waals surface area contributed by atoms with Gasteiger partial charge in [-0.15, -0.1) is 0 Å². The van der Waals surface area contributed by atoms with E-state index < -0.39 is 0 Å². The Morgan fingerprint density at radius 1 is 1.06 bits per heavy atom. The topological polar surface area (TPSA) is 45.9 Å². The third-order valence-corrected chi connectivity index (χ3v) is 7.35. The number of likely N-dealkylation sites (tertiary alicyclic amines) is 1. The van der Waals surface area contributed by atoms with Crippen LogP contribution in [0.25, 0.3) is 0 Å². The van der Waals surface area contributed by atoms with Crippen molar-refractivity contribution in [2.75, 3.05) is 20.2 Å². The van der Waals surface area contributed by atoms with Gasteiger partial charge in [-0.2, -0.15) is 0 Å². The summed E-state index contributed by atoms with van der Waals surface area (Å²) in [5, 5.41) is 0. The Balaban J connectivity index is 1.31. The van der Waals surface area contributed by atoms with Crippen molar-refractivity contribution in [2.45, 2.75) is 50.7 Å². The van der Waals surface area contributed by atoms with Gasteiger partial charge in [0.2, 0.25) is 0 Å². The van der Waals surface area contributed by atoms with Crippen LogP contribution in [0.15, 0.2) is 71.3 Å². The number of hydrogen-bond donors (Lipinski definition) is 0. The van der Waals surface area contributed by atoms with Crippen molar-refractivity contribution in [1.29, 1.82) is 0 Å². The highest BCUT2D eigenvalue weighted by molar-refractivity contribution is 5.92. The zero-order chi connectivity index (χ0) is 24.2. The number of amides is 1. The predicted molar refractivity (Wildman–Crippen MR) is 133 cm³/mol. The quantitative estimate of drug-likeness (QED) is 0.406. The number of piperidine rings is 1. The van der Waals surface area contributed by atoms with Gasteiger partial charge in [0.05, 0.1) is 13.4 Å². The molecule has 2 aromatic carbocycles. The standard InChI is InChI=1S/C29H33FN2O3/c1-34-28-19-22(9-12-25(28)30)20-31-15-13-23(14-16-31)26(18-21-6-3-2-4-7-21)32(24-10-11-24)29(33)27-8-5-17-35-27/h2-9,12,17,19,23-24,26H,10-11,13-16,18,20H2,1H3. The predicted octanol–water partition coefficient (Wildman–Crippen LogP) is 5.56. The van der Waals surface area contributed by atoms with Gasteiger partial charge in [-0.1, -0.05) is 36.4 Å². The van der Waals surface area contributed by atoms with Gasteiger partial charge in [0.1, 0.15) is 0 Å². The fourth-order valence-electron chi connectivity index (χ4n) is 5.37. The van der Waals surface area contributed by atoms with Gasteiger partial charge in [-0.05, 0) is 86.5 Å². The average Bonchev–Trinajstić information content (AvgIpc) is 3.56. The number of hydrogen-bond acceptors (Lipinski definition) is 4. The Hall–Kier alpha value is -3.12. The van der Waals surface area contributed by atoms with Crippen molar-refractivity contribution in [2.24, 2.45) is 5.92 Å². The van der Waals surface area contributed by atoms with E-state index in [9.17, 15) is 9.18 Å². The highest BCUT2D eigenvalue weighted by Gasteiger charge is 2.42. The summed E-state index contributed by atoms with van der Waals surface area (Å²) >= 11 is 0. The van der Waals surface area contributed by atoms with E-state index in [0.29, 0.717) is 17.7 Å². The number of carbonyl (C=O) groups is 1. The number of nitrogens with zero attached hydrogens (tertiary/aromatic N) is 2. The number of rotatable bonds is 9. The second-order valence-electron chi connectivity index (χ2n) is 9.76. The van der Waals surface area contributed by atoms with E-state index in [1.54, 1.807) is 24.5 Å². The van der Waals surface area contributed by atoms with E-state index >= 15 is 0 Å². The largest absolute Gasteiger partial charge is 0.494 e. The van der Waals surface area contributed by atoms with Crippen molar-refractivity contribution < 1.29 is 18.3 Å². The molecule has 2 aliphatic rings. The third kappa shape index (κ3) is 5.59. The van der Waals surface area contributed by atoms with Crippen LogP contribution < -0.4 is 4.74 Å². The minimum absolute atomic E-state index is 0.0132. The number of benzene rings is 2. The summed E-state index contributed by atoms with van der Waals surface area (Å²) in [7, 11) is 1.50. The Bertz CT molecular complexity index is 1110. The molecule has 5 rings (SSSR count). The maximum absolute atomic E-state index is 13.8. The molecule has 2 heterocycles. The van der Waals surface area contributed by atoms with Crippen molar-refractivity contribution >= 4 is 5.91 Å². The summed E-state index contributed by atoms with van der Waals surface area (Å²) in [5.41, 5.74) is 2.31. The molecule has 1 saturated carbocycles. The SMILES string of the molecule is COc1cc(CN2CCC(C(Cc3ccccc3)N(C(=O)c3ccco3)C3CC3)CC2)ccc1F. The van der Waals surface area contributed by atoms with Gasteiger partial charge >= 0.3 is 0 Å². The number of furan rings is 1. The van der Waals surface area contributed by atoms with Crippen molar-refractivity contribution in [3.8, 4) is 5.75 Å². The van der Waals surface area contributed by atoms with E-state index in [2.05, 4.69) is 34.1 Å². The van der Waals surface area contributed by atoms with Crippen LogP contribution in [0.1, 0.15) is 47.4 Å². The molecule has 1 aromatic heterocycles. The molecular formula is C29H33FN2O3. The lowest BCUT2D eigenvalue weighted by Gasteiger charge is -2.41. The highest BCUT2D eigenvalue weighted by Crippen LogP contribution is 2.36. The van der Waals surface area contributed by atoms with E-state index in [4.69, 9.17) is 9.15 Å². The minimum Gasteiger partial charge on any atom is -0.494 e. The molecule has 1 aliphatic carbocycles. The molecule has 1 unspecified atom stereocenters. The molecule has 2 fully saturated rings. The fraction of sp³-hybridized carbons (Fsp3) is 0.414. The van der Waals surface area contributed by atoms with Crippen LogP contribution in [-0.4, -0.2) is 48.0 Å². The molecular weight excluding hydrogens is 443 g/mol. The second kappa shape index (κ2) is 10.6. The van der Waals surface area contributed by atoms with E-state index in [1.807, 2.05) is 12.1 Å². The second-order valence-corrected chi connectivity index (χ2v) is 9.76. The highest BCUT2D eigenvalue weighted by atomic mass is 19.1. The van der Waals surface area contributed by atoms with Crippen molar-refractivity contribution in [3.05, 3.63) is 89.6 Å². The molecule has 1 aliphatic heterocycles. The molecule has 0 spiro atoms. The molecule has 6 heteroatoms. The first-order valence-electron chi connectivity index (χ1n) is 12.6. The van der Waals surface area contributed by atoms with Crippen LogP contribution in [0.4, 0.5) is 4.39 Å². The van der Waals surface area contributed by atoms with Gasteiger partial charge in [0, 0.05) is 18.6 Å². The maximum atomic E-state index is 13.8. The fourth-order valence-corrected chi connectivity index (χ4v) is 5.37. The Kier molecular flexibility index (Phi) is 7.19. The number of carbonyl (C=O) groups excluding carboxylic acids is 1. The zero-order valence-corrected chi connectivity index (χ0v) is 20.2. The Morgan fingerprint density at radius 2 is 1.83 bits per heavy atom. The maximum Gasteiger partial charge on any atom is 0.290 e. The lowest BCUT2D eigenvalue weighted by molar-refractivity contribution is 0.0454. The molecule has 0 N–H and O–H groups in total. The van der Waals surface area contributed by atoms with E-state index in [1.165, 1.54) is 18.7 Å². The lowest BCUT2D eigenvalue weighted by Crippen LogP contribution is -2.50. The third-order valence-electron chi connectivity index (χ3n) is 7.35. The van der Waals surface area contributed by atoms with Crippen molar-refractivity contribution in [1.82, 2.24) is 9.80 Å². The van der Waals surface area contributed by atoms with Crippen LogP contribution in [0.3, 0.4) is 0 Å². The number of ether oxygens (including phenoxy) is 1. The van der Waals surface area contributed by atoms with Crippen LogP contribution in [-0.2, 0) is 13.0 Å². The molecule has 184 valence electrons. The Morgan fingerprint density at radius 3 is 2.49 bits per heavy atom. The lowest BCUT2D eigenvalue weighted by atomic mass is 9.84. The molecule has 1 saturated heterocycles. The molecule has 3 aromatic rings. The summed E-state index contributed by atoms with van der Waals surface area (Å²) in [5.74, 6) is 0.808.